The summed E-state index contributed by atoms with van der Waals surface area (Å²) in [5, 5.41) is 24.3. The van der Waals surface area contributed by atoms with Gasteiger partial charge in [-0.1, -0.05) is 12.1 Å². The first-order valence-electron chi connectivity index (χ1n) is 8.22. The standard InChI is InChI=1S/C20H13N7/c21-10-13-1-6-16(7-2-13)25-19-23-12-24-20(27-19)26-17-8-5-14-3-4-15(11-22)18(14)9-17/h1-2,4-9,12H,3H2,(H2,23,24,25,26,27). The normalized spacial score (nSPS) is 11.7. The third-order valence-electron chi connectivity index (χ3n) is 4.14. The smallest absolute Gasteiger partial charge is 0.232 e. The molecule has 0 aliphatic heterocycles. The molecular weight excluding hydrogens is 338 g/mol. The second-order valence-corrected chi connectivity index (χ2v) is 5.88. The van der Waals surface area contributed by atoms with Crippen LogP contribution in [0, 0.1) is 22.7 Å². The number of allylic oxidation sites excluding steroid dienone is 2. The number of rotatable bonds is 4. The lowest BCUT2D eigenvalue weighted by molar-refractivity contribution is 1.06. The Morgan fingerprint density at radius 3 is 2.26 bits per heavy atom. The molecule has 0 bridgehead atoms. The Morgan fingerprint density at radius 2 is 1.56 bits per heavy atom. The summed E-state index contributed by atoms with van der Waals surface area (Å²) in [6.07, 6.45) is 4.12. The molecule has 1 heterocycles. The van der Waals surface area contributed by atoms with E-state index in [9.17, 15) is 5.26 Å². The Kier molecular flexibility index (Phi) is 4.18. The monoisotopic (exact) mass is 351 g/mol. The topological polar surface area (TPSA) is 110 Å². The molecule has 3 aromatic rings. The van der Waals surface area contributed by atoms with Crippen LogP contribution in [0.2, 0.25) is 0 Å². The molecule has 0 spiro atoms. The van der Waals surface area contributed by atoms with E-state index in [4.69, 9.17) is 5.26 Å². The molecule has 0 saturated carbocycles. The van der Waals surface area contributed by atoms with Gasteiger partial charge in [-0.25, -0.2) is 9.97 Å². The van der Waals surface area contributed by atoms with Crippen molar-refractivity contribution in [2.24, 2.45) is 0 Å². The van der Waals surface area contributed by atoms with E-state index in [1.54, 1.807) is 24.3 Å². The molecule has 1 aromatic heterocycles. The zero-order valence-electron chi connectivity index (χ0n) is 14.1. The molecule has 2 aromatic carbocycles. The minimum atomic E-state index is 0.385. The van der Waals surface area contributed by atoms with Crippen LogP contribution in [0.15, 0.2) is 54.9 Å². The largest absolute Gasteiger partial charge is 0.324 e. The summed E-state index contributed by atoms with van der Waals surface area (Å²) in [5.74, 6) is 0.776. The highest BCUT2D eigenvalue weighted by Crippen LogP contribution is 2.30. The first kappa shape index (κ1) is 16.2. The van der Waals surface area contributed by atoms with E-state index in [1.165, 1.54) is 6.33 Å². The fraction of sp³-hybridized carbons (Fsp3) is 0.0500. The van der Waals surface area contributed by atoms with Crippen LogP contribution < -0.4 is 10.6 Å². The number of nitriles is 2. The van der Waals surface area contributed by atoms with Crippen molar-refractivity contribution in [2.75, 3.05) is 10.6 Å². The summed E-state index contributed by atoms with van der Waals surface area (Å²) in [5.41, 5.74) is 4.91. The van der Waals surface area contributed by atoms with Gasteiger partial charge in [0.05, 0.1) is 23.3 Å². The van der Waals surface area contributed by atoms with Crippen LogP contribution in [0.3, 0.4) is 0 Å². The lowest BCUT2D eigenvalue weighted by Crippen LogP contribution is -2.03. The van der Waals surface area contributed by atoms with E-state index >= 15 is 0 Å². The molecule has 0 fully saturated rings. The van der Waals surface area contributed by atoms with E-state index in [0.717, 1.165) is 28.9 Å². The van der Waals surface area contributed by atoms with E-state index in [2.05, 4.69) is 37.7 Å². The van der Waals surface area contributed by atoms with Crippen LogP contribution in [0.4, 0.5) is 23.3 Å². The quantitative estimate of drug-likeness (QED) is 0.737. The zero-order chi connectivity index (χ0) is 18.6. The summed E-state index contributed by atoms with van der Waals surface area (Å²) in [4.78, 5) is 12.6. The van der Waals surface area contributed by atoms with Crippen LogP contribution >= 0.6 is 0 Å². The first-order valence-corrected chi connectivity index (χ1v) is 8.22. The summed E-state index contributed by atoms with van der Waals surface area (Å²) < 4.78 is 0. The van der Waals surface area contributed by atoms with Gasteiger partial charge in [-0.3, -0.25) is 0 Å². The van der Waals surface area contributed by atoms with Crippen molar-refractivity contribution >= 4 is 28.8 Å². The van der Waals surface area contributed by atoms with Gasteiger partial charge in [0.25, 0.3) is 0 Å². The number of hydrogen-bond acceptors (Lipinski definition) is 7. The molecule has 128 valence electrons. The molecule has 0 atom stereocenters. The molecule has 0 radical (unpaired) electrons. The molecule has 27 heavy (non-hydrogen) atoms. The Balaban J connectivity index is 1.52. The Hall–Kier alpha value is -4.23. The van der Waals surface area contributed by atoms with Gasteiger partial charge < -0.3 is 10.6 Å². The number of fused-ring (bicyclic) bond motifs is 1. The van der Waals surface area contributed by atoms with E-state index in [-0.39, 0.29) is 0 Å². The minimum Gasteiger partial charge on any atom is -0.324 e. The number of aromatic nitrogens is 3. The molecule has 0 saturated heterocycles. The van der Waals surface area contributed by atoms with Crippen molar-refractivity contribution in [3.05, 3.63) is 71.6 Å². The van der Waals surface area contributed by atoms with Crippen molar-refractivity contribution in [1.29, 1.82) is 10.5 Å². The van der Waals surface area contributed by atoms with Crippen molar-refractivity contribution in [3.8, 4) is 12.1 Å². The molecule has 7 heteroatoms. The molecule has 2 N–H and O–H groups in total. The number of anilines is 4. The molecule has 7 nitrogen and oxygen atoms in total. The van der Waals surface area contributed by atoms with Gasteiger partial charge in [0.15, 0.2) is 0 Å². The van der Waals surface area contributed by atoms with Gasteiger partial charge in [0.1, 0.15) is 6.33 Å². The lowest BCUT2D eigenvalue weighted by Gasteiger charge is -2.09. The highest BCUT2D eigenvalue weighted by atomic mass is 15.2. The van der Waals surface area contributed by atoms with Crippen LogP contribution in [0.5, 0.6) is 0 Å². The van der Waals surface area contributed by atoms with Crippen LogP contribution in [0.25, 0.3) is 5.57 Å². The van der Waals surface area contributed by atoms with Gasteiger partial charge >= 0.3 is 0 Å². The SMILES string of the molecule is N#CC1=CCc2ccc(Nc3ncnc(Nc4ccc(C#N)cc4)n3)cc21. The van der Waals surface area contributed by atoms with Gasteiger partial charge in [-0.15, -0.1) is 0 Å². The van der Waals surface area contributed by atoms with Crippen molar-refractivity contribution in [1.82, 2.24) is 15.0 Å². The Bertz CT molecular complexity index is 1120. The van der Waals surface area contributed by atoms with E-state index < -0.39 is 0 Å². The average Bonchev–Trinajstić information content (AvgIpc) is 3.11. The fourth-order valence-electron chi connectivity index (χ4n) is 2.81. The van der Waals surface area contributed by atoms with Gasteiger partial charge in [-0.05, 0) is 53.9 Å². The van der Waals surface area contributed by atoms with Crippen molar-refractivity contribution in [2.45, 2.75) is 6.42 Å². The summed E-state index contributed by atoms with van der Waals surface area (Å²) in [6.45, 7) is 0. The van der Waals surface area contributed by atoms with Crippen molar-refractivity contribution in [3.63, 3.8) is 0 Å². The fourth-order valence-corrected chi connectivity index (χ4v) is 2.81. The zero-order valence-corrected chi connectivity index (χ0v) is 14.1. The molecule has 1 aliphatic carbocycles. The molecular formula is C20H13N7. The van der Waals surface area contributed by atoms with Crippen LogP contribution in [-0.2, 0) is 6.42 Å². The predicted octanol–water partition coefficient (Wildman–Crippen LogP) is 3.69. The summed E-state index contributed by atoms with van der Waals surface area (Å²) >= 11 is 0. The maximum Gasteiger partial charge on any atom is 0.232 e. The second-order valence-electron chi connectivity index (χ2n) is 5.88. The maximum atomic E-state index is 9.21. The minimum absolute atomic E-state index is 0.385. The third-order valence-corrected chi connectivity index (χ3v) is 4.14. The Labute approximate surface area is 155 Å². The van der Waals surface area contributed by atoms with Gasteiger partial charge in [0, 0.05) is 11.4 Å². The number of nitrogens with one attached hydrogen (secondary N) is 2. The maximum absolute atomic E-state index is 9.21. The molecule has 0 amide bonds. The number of benzene rings is 2. The van der Waals surface area contributed by atoms with Crippen molar-refractivity contribution < 1.29 is 0 Å². The van der Waals surface area contributed by atoms with Crippen LogP contribution in [0.1, 0.15) is 16.7 Å². The highest BCUT2D eigenvalue weighted by molar-refractivity contribution is 5.84. The second kappa shape index (κ2) is 6.95. The Morgan fingerprint density at radius 1 is 0.852 bits per heavy atom. The van der Waals surface area contributed by atoms with Gasteiger partial charge in [-0.2, -0.15) is 15.5 Å². The molecule has 1 aliphatic rings. The number of nitrogens with zero attached hydrogens (tertiary/aromatic N) is 5. The lowest BCUT2D eigenvalue weighted by atomic mass is 10.1. The predicted molar refractivity (Wildman–Crippen MR) is 101 cm³/mol. The third kappa shape index (κ3) is 3.44. The van der Waals surface area contributed by atoms with Crippen LogP contribution in [-0.4, -0.2) is 15.0 Å². The van der Waals surface area contributed by atoms with Gasteiger partial charge in [0.2, 0.25) is 11.9 Å². The average molecular weight is 351 g/mol. The molecule has 4 rings (SSSR count). The molecule has 0 unspecified atom stereocenters. The van der Waals surface area contributed by atoms with E-state index in [0.29, 0.717) is 23.0 Å². The summed E-state index contributed by atoms with van der Waals surface area (Å²) in [6, 6.07) is 17.1. The van der Waals surface area contributed by atoms with E-state index in [1.807, 2.05) is 24.3 Å². The summed E-state index contributed by atoms with van der Waals surface area (Å²) in [7, 11) is 0. The number of hydrogen-bond donors (Lipinski definition) is 2. The highest BCUT2D eigenvalue weighted by Gasteiger charge is 2.14. The first-order chi connectivity index (χ1) is 13.2.